The van der Waals surface area contributed by atoms with E-state index in [1.54, 1.807) is 7.11 Å². The molecule has 0 aliphatic rings. The molecule has 0 saturated carbocycles. The van der Waals surface area contributed by atoms with Gasteiger partial charge in [0.1, 0.15) is 12.6 Å². The molecular formula is C14H23INO3+. The quantitative estimate of drug-likeness (QED) is 0.673. The van der Waals surface area contributed by atoms with Gasteiger partial charge in [-0.25, -0.2) is 0 Å². The lowest BCUT2D eigenvalue weighted by Crippen LogP contribution is -2.89. The molecule has 0 aliphatic heterocycles. The van der Waals surface area contributed by atoms with E-state index in [1.165, 1.54) is 5.56 Å². The van der Waals surface area contributed by atoms with E-state index in [-0.39, 0.29) is 12.6 Å². The number of benzene rings is 1. The molecule has 1 rings (SSSR count). The summed E-state index contributed by atoms with van der Waals surface area (Å²) in [6, 6.07) is 4.38. The summed E-state index contributed by atoms with van der Waals surface area (Å²) in [4.78, 5) is 0. The second kappa shape index (κ2) is 8.60. The second-order valence-corrected chi connectivity index (χ2v) is 5.49. The molecule has 0 unspecified atom stereocenters. The van der Waals surface area contributed by atoms with Crippen molar-refractivity contribution in [3.05, 3.63) is 21.3 Å². The molecule has 0 saturated heterocycles. The van der Waals surface area contributed by atoms with E-state index in [1.807, 2.05) is 13.0 Å². The maximum Gasteiger partial charge on any atom is 0.174 e. The van der Waals surface area contributed by atoms with Crippen molar-refractivity contribution in [2.75, 3.05) is 20.3 Å². The Morgan fingerprint density at radius 3 is 2.63 bits per heavy atom. The van der Waals surface area contributed by atoms with Crippen LogP contribution in [0.1, 0.15) is 25.8 Å². The predicted molar refractivity (Wildman–Crippen MR) is 83.7 cm³/mol. The van der Waals surface area contributed by atoms with Gasteiger partial charge in [0.05, 0.1) is 23.9 Å². The van der Waals surface area contributed by atoms with Crippen LogP contribution >= 0.6 is 22.6 Å². The highest BCUT2D eigenvalue weighted by Crippen LogP contribution is 2.33. The topological polar surface area (TPSA) is 55.3 Å². The maximum absolute atomic E-state index is 9.20. The molecule has 5 heteroatoms. The van der Waals surface area contributed by atoms with Crippen molar-refractivity contribution in [2.45, 2.75) is 32.9 Å². The SMILES string of the molecule is CCOc1cc(C[NH2+][C@H](CC)CO)cc(I)c1OC. The highest BCUT2D eigenvalue weighted by atomic mass is 127. The van der Waals surface area contributed by atoms with E-state index >= 15 is 0 Å². The molecule has 0 bridgehead atoms. The number of aliphatic hydroxyl groups is 1. The summed E-state index contributed by atoms with van der Waals surface area (Å²) in [7, 11) is 1.66. The largest absolute Gasteiger partial charge is 0.492 e. The van der Waals surface area contributed by atoms with Gasteiger partial charge >= 0.3 is 0 Å². The number of halogens is 1. The Hall–Kier alpha value is -0.530. The van der Waals surface area contributed by atoms with Gasteiger partial charge in [0.25, 0.3) is 0 Å². The minimum Gasteiger partial charge on any atom is -0.492 e. The zero-order chi connectivity index (χ0) is 14.3. The molecule has 4 nitrogen and oxygen atoms in total. The summed E-state index contributed by atoms with van der Waals surface area (Å²) in [5.74, 6) is 1.58. The Morgan fingerprint density at radius 2 is 2.11 bits per heavy atom. The van der Waals surface area contributed by atoms with Crippen molar-refractivity contribution in [2.24, 2.45) is 0 Å². The molecule has 1 aromatic carbocycles. The fourth-order valence-corrected chi connectivity index (χ4v) is 2.76. The molecule has 3 N–H and O–H groups in total. The third kappa shape index (κ3) is 4.81. The van der Waals surface area contributed by atoms with Crippen LogP contribution in [0.3, 0.4) is 0 Å². The van der Waals surface area contributed by atoms with Crippen LogP contribution < -0.4 is 14.8 Å². The van der Waals surface area contributed by atoms with E-state index < -0.39 is 0 Å². The molecule has 0 amide bonds. The van der Waals surface area contributed by atoms with Crippen molar-refractivity contribution in [1.29, 1.82) is 0 Å². The van der Waals surface area contributed by atoms with Crippen molar-refractivity contribution < 1.29 is 19.9 Å². The number of nitrogens with two attached hydrogens (primary N) is 1. The van der Waals surface area contributed by atoms with Crippen LogP contribution in [0, 0.1) is 3.57 Å². The molecule has 0 aromatic heterocycles. The van der Waals surface area contributed by atoms with E-state index in [9.17, 15) is 5.11 Å². The van der Waals surface area contributed by atoms with Crippen LogP contribution in [0.5, 0.6) is 11.5 Å². The maximum atomic E-state index is 9.20. The van der Waals surface area contributed by atoms with E-state index in [0.717, 1.165) is 28.0 Å². The van der Waals surface area contributed by atoms with Gasteiger partial charge in [-0.3, -0.25) is 0 Å². The highest BCUT2D eigenvalue weighted by Gasteiger charge is 2.13. The molecule has 0 radical (unpaired) electrons. The van der Waals surface area contributed by atoms with Gasteiger partial charge in [0, 0.05) is 5.56 Å². The number of methoxy groups -OCH3 is 1. The van der Waals surface area contributed by atoms with Crippen LogP contribution in [0.2, 0.25) is 0 Å². The summed E-state index contributed by atoms with van der Waals surface area (Å²) in [6.07, 6.45) is 0.960. The van der Waals surface area contributed by atoms with E-state index in [4.69, 9.17) is 9.47 Å². The molecule has 0 heterocycles. The van der Waals surface area contributed by atoms with Gasteiger partial charge in [-0.15, -0.1) is 0 Å². The fraction of sp³-hybridized carbons (Fsp3) is 0.571. The van der Waals surface area contributed by atoms with Gasteiger partial charge in [0.2, 0.25) is 0 Å². The summed E-state index contributed by atoms with van der Waals surface area (Å²) < 4.78 is 12.0. The van der Waals surface area contributed by atoms with Crippen LogP contribution in [0.15, 0.2) is 12.1 Å². The van der Waals surface area contributed by atoms with Crippen LogP contribution in [-0.2, 0) is 6.54 Å². The molecule has 19 heavy (non-hydrogen) atoms. The van der Waals surface area contributed by atoms with Crippen LogP contribution in [-0.4, -0.2) is 31.5 Å². The van der Waals surface area contributed by atoms with Crippen LogP contribution in [0.4, 0.5) is 0 Å². The Labute approximate surface area is 128 Å². The summed E-state index contributed by atoms with van der Waals surface area (Å²) in [5.41, 5.74) is 1.18. The molecule has 0 aliphatic carbocycles. The van der Waals surface area contributed by atoms with Crippen molar-refractivity contribution in [3.8, 4) is 11.5 Å². The molecular weight excluding hydrogens is 357 g/mol. The van der Waals surface area contributed by atoms with Crippen molar-refractivity contribution >= 4 is 22.6 Å². The van der Waals surface area contributed by atoms with E-state index in [2.05, 4.69) is 40.9 Å². The lowest BCUT2D eigenvalue weighted by atomic mass is 10.1. The summed E-state index contributed by atoms with van der Waals surface area (Å²) >= 11 is 2.26. The Bertz CT molecular complexity index is 395. The minimum absolute atomic E-state index is 0.210. The van der Waals surface area contributed by atoms with Gasteiger partial charge in [0.15, 0.2) is 11.5 Å². The lowest BCUT2D eigenvalue weighted by molar-refractivity contribution is -0.706. The molecule has 0 fully saturated rings. The standard InChI is InChI=1S/C14H22INO3/c1-4-11(9-17)16-8-10-6-12(15)14(18-3)13(7-10)19-5-2/h6-7,11,16-17H,4-5,8-9H2,1-3H3/p+1/t11-/m1/s1. The number of quaternary nitrogens is 1. The smallest absolute Gasteiger partial charge is 0.174 e. The first-order chi connectivity index (χ1) is 9.15. The first kappa shape index (κ1) is 16.5. The number of aliphatic hydroxyl groups excluding tert-OH is 1. The number of hydrogen-bond donors (Lipinski definition) is 2. The molecule has 0 spiro atoms. The Morgan fingerprint density at radius 1 is 1.37 bits per heavy atom. The molecule has 1 atom stereocenters. The van der Waals surface area contributed by atoms with Crippen LogP contribution in [0.25, 0.3) is 0 Å². The molecule has 108 valence electrons. The average Bonchev–Trinajstić information content (AvgIpc) is 2.40. The first-order valence-corrected chi connectivity index (χ1v) is 7.67. The Balaban J connectivity index is 2.84. The van der Waals surface area contributed by atoms with Gasteiger partial charge in [-0.2, -0.15) is 0 Å². The summed E-state index contributed by atoms with van der Waals surface area (Å²) in [6.45, 7) is 5.71. The number of rotatable bonds is 8. The predicted octanol–water partition coefficient (Wildman–Crippen LogP) is 1.53. The van der Waals surface area contributed by atoms with Gasteiger partial charge in [-0.05, 0) is 48.1 Å². The molecule has 1 aromatic rings. The lowest BCUT2D eigenvalue weighted by Gasteiger charge is -2.14. The third-order valence-corrected chi connectivity index (χ3v) is 3.82. The third-order valence-electron chi connectivity index (χ3n) is 3.02. The van der Waals surface area contributed by atoms with Gasteiger partial charge in [-0.1, -0.05) is 6.92 Å². The highest BCUT2D eigenvalue weighted by molar-refractivity contribution is 14.1. The zero-order valence-electron chi connectivity index (χ0n) is 11.8. The average molecular weight is 380 g/mol. The van der Waals surface area contributed by atoms with Gasteiger partial charge < -0.3 is 19.9 Å². The zero-order valence-corrected chi connectivity index (χ0v) is 13.9. The first-order valence-electron chi connectivity index (χ1n) is 6.59. The number of hydrogen-bond acceptors (Lipinski definition) is 3. The monoisotopic (exact) mass is 380 g/mol. The number of ether oxygens (including phenoxy) is 2. The Kier molecular flexibility index (Phi) is 7.48. The second-order valence-electron chi connectivity index (χ2n) is 4.33. The van der Waals surface area contributed by atoms with E-state index in [0.29, 0.717) is 6.61 Å². The van der Waals surface area contributed by atoms with Crippen molar-refractivity contribution in [3.63, 3.8) is 0 Å². The minimum atomic E-state index is 0.210. The van der Waals surface area contributed by atoms with Crippen molar-refractivity contribution in [1.82, 2.24) is 0 Å². The normalized spacial score (nSPS) is 12.3. The fourth-order valence-electron chi connectivity index (χ4n) is 1.87. The summed E-state index contributed by atoms with van der Waals surface area (Å²) in [5, 5.41) is 11.4.